The summed E-state index contributed by atoms with van der Waals surface area (Å²) in [6.07, 6.45) is 10.1. The number of rotatable bonds is 9. The van der Waals surface area contributed by atoms with Gasteiger partial charge in [0.2, 0.25) is 0 Å². The van der Waals surface area contributed by atoms with Crippen LogP contribution < -0.4 is 5.32 Å². The lowest BCUT2D eigenvalue weighted by Gasteiger charge is -2.41. The van der Waals surface area contributed by atoms with Gasteiger partial charge in [-0.2, -0.15) is 0 Å². The van der Waals surface area contributed by atoms with Crippen molar-refractivity contribution in [1.82, 2.24) is 10.2 Å². The molecule has 0 bridgehead atoms. The topological polar surface area (TPSA) is 33.7 Å². The van der Waals surface area contributed by atoms with E-state index < -0.39 is 0 Å². The van der Waals surface area contributed by atoms with E-state index in [-0.39, 0.29) is 5.60 Å². The van der Waals surface area contributed by atoms with Crippen LogP contribution in [0.2, 0.25) is 0 Å². The molecular weight excluding hydrogens is 264 g/mol. The standard InChI is InChI=1S/C17H30N2O2/c1-3-7-17(14-18-15-17)21-13-12-20-11-10-19-8-5-16(4-2)6-9-19/h1,16,18H,4-15H2,2H3. The maximum absolute atomic E-state index is 5.88. The molecule has 0 saturated carbocycles. The lowest BCUT2D eigenvalue weighted by molar-refractivity contribution is -0.0943. The lowest BCUT2D eigenvalue weighted by atomic mass is 9.93. The summed E-state index contributed by atoms with van der Waals surface area (Å²) in [5.74, 6) is 3.64. The third-order valence-corrected chi connectivity index (χ3v) is 4.79. The van der Waals surface area contributed by atoms with Crippen LogP contribution in [0.3, 0.4) is 0 Å². The van der Waals surface area contributed by atoms with Gasteiger partial charge in [-0.05, 0) is 31.8 Å². The fraction of sp³-hybridized carbons (Fsp3) is 0.882. The highest BCUT2D eigenvalue weighted by Gasteiger charge is 2.36. The molecule has 0 aliphatic carbocycles. The van der Waals surface area contributed by atoms with Crippen molar-refractivity contribution in [3.05, 3.63) is 0 Å². The lowest BCUT2D eigenvalue weighted by Crippen LogP contribution is -2.61. The molecule has 0 atom stereocenters. The second kappa shape index (κ2) is 8.75. The Hall–Kier alpha value is -0.600. The van der Waals surface area contributed by atoms with E-state index in [1.54, 1.807) is 0 Å². The Morgan fingerprint density at radius 2 is 2.00 bits per heavy atom. The number of piperidine rings is 1. The first-order valence-corrected chi connectivity index (χ1v) is 8.36. The van der Waals surface area contributed by atoms with Gasteiger partial charge in [0.1, 0.15) is 5.60 Å². The first kappa shape index (κ1) is 16.8. The maximum atomic E-state index is 5.88. The van der Waals surface area contributed by atoms with E-state index in [1.165, 1.54) is 32.4 Å². The molecule has 0 unspecified atom stereocenters. The minimum Gasteiger partial charge on any atom is -0.378 e. The fourth-order valence-corrected chi connectivity index (χ4v) is 3.10. The summed E-state index contributed by atoms with van der Waals surface area (Å²) in [5, 5.41) is 3.22. The van der Waals surface area contributed by atoms with Crippen LogP contribution in [0.4, 0.5) is 0 Å². The Balaban J connectivity index is 1.46. The second-order valence-electron chi connectivity index (χ2n) is 6.32. The van der Waals surface area contributed by atoms with Crippen molar-refractivity contribution in [3.8, 4) is 12.3 Å². The van der Waals surface area contributed by atoms with Crippen molar-refractivity contribution in [2.75, 3.05) is 52.5 Å². The Kier molecular flexibility index (Phi) is 6.98. The predicted octanol–water partition coefficient (Wildman–Crippen LogP) is 1.51. The zero-order valence-corrected chi connectivity index (χ0v) is 13.4. The molecule has 4 nitrogen and oxygen atoms in total. The van der Waals surface area contributed by atoms with Gasteiger partial charge in [0, 0.05) is 26.1 Å². The molecule has 4 heteroatoms. The molecule has 1 N–H and O–H groups in total. The van der Waals surface area contributed by atoms with Crippen LogP contribution in [0.15, 0.2) is 0 Å². The summed E-state index contributed by atoms with van der Waals surface area (Å²) in [6.45, 7) is 9.65. The summed E-state index contributed by atoms with van der Waals surface area (Å²) in [7, 11) is 0. The number of hydrogen-bond donors (Lipinski definition) is 1. The molecule has 0 spiro atoms. The van der Waals surface area contributed by atoms with E-state index in [2.05, 4.69) is 23.1 Å². The van der Waals surface area contributed by atoms with Crippen LogP contribution >= 0.6 is 0 Å². The quantitative estimate of drug-likeness (QED) is 0.516. The fourth-order valence-electron chi connectivity index (χ4n) is 3.10. The number of ether oxygens (including phenoxy) is 2. The third-order valence-electron chi connectivity index (χ3n) is 4.79. The first-order chi connectivity index (χ1) is 10.3. The monoisotopic (exact) mass is 294 g/mol. The van der Waals surface area contributed by atoms with Crippen LogP contribution in [-0.2, 0) is 9.47 Å². The van der Waals surface area contributed by atoms with Gasteiger partial charge < -0.3 is 19.7 Å². The number of terminal acetylenes is 1. The third kappa shape index (κ3) is 5.27. The van der Waals surface area contributed by atoms with Crippen molar-refractivity contribution in [1.29, 1.82) is 0 Å². The zero-order valence-electron chi connectivity index (χ0n) is 13.4. The van der Waals surface area contributed by atoms with Gasteiger partial charge in [-0.1, -0.05) is 13.3 Å². The molecule has 2 rings (SSSR count). The summed E-state index contributed by atoms with van der Waals surface area (Å²) in [4.78, 5) is 2.52. The number of nitrogens with one attached hydrogen (secondary N) is 1. The van der Waals surface area contributed by atoms with Gasteiger partial charge in [0.25, 0.3) is 0 Å². The molecule has 2 fully saturated rings. The molecule has 0 aromatic heterocycles. The van der Waals surface area contributed by atoms with Gasteiger partial charge in [-0.3, -0.25) is 0 Å². The highest BCUT2D eigenvalue weighted by Crippen LogP contribution is 2.21. The molecule has 2 saturated heterocycles. The Bertz CT molecular complexity index is 328. The normalized spacial score (nSPS) is 22.7. The highest BCUT2D eigenvalue weighted by molar-refractivity contribution is 5.04. The SMILES string of the molecule is C#CCC1(OCCOCCN2CCC(CC)CC2)CNC1. The Morgan fingerprint density at radius 3 is 2.57 bits per heavy atom. The van der Waals surface area contributed by atoms with Crippen LogP contribution in [0.5, 0.6) is 0 Å². The van der Waals surface area contributed by atoms with E-state index >= 15 is 0 Å². The first-order valence-electron chi connectivity index (χ1n) is 8.36. The molecule has 2 aliphatic rings. The number of likely N-dealkylation sites (tertiary alicyclic amines) is 1. The average molecular weight is 294 g/mol. The highest BCUT2D eigenvalue weighted by atomic mass is 16.5. The second-order valence-corrected chi connectivity index (χ2v) is 6.32. The van der Waals surface area contributed by atoms with Crippen molar-refractivity contribution in [3.63, 3.8) is 0 Å². The number of hydrogen-bond acceptors (Lipinski definition) is 4. The minimum absolute atomic E-state index is 0.125. The van der Waals surface area contributed by atoms with E-state index in [1.807, 2.05) is 0 Å². The average Bonchev–Trinajstić information content (AvgIpc) is 2.48. The van der Waals surface area contributed by atoms with Gasteiger partial charge in [-0.25, -0.2) is 0 Å². The van der Waals surface area contributed by atoms with Gasteiger partial charge in [0.05, 0.1) is 19.8 Å². The molecule has 0 radical (unpaired) electrons. The van der Waals surface area contributed by atoms with Gasteiger partial charge in [0.15, 0.2) is 0 Å². The Labute approximate surface area is 129 Å². The molecule has 0 amide bonds. The van der Waals surface area contributed by atoms with Crippen molar-refractivity contribution in [2.24, 2.45) is 5.92 Å². The van der Waals surface area contributed by atoms with Crippen LogP contribution in [0.25, 0.3) is 0 Å². The van der Waals surface area contributed by atoms with Gasteiger partial charge in [-0.15, -0.1) is 12.3 Å². The van der Waals surface area contributed by atoms with Crippen LogP contribution in [0, 0.1) is 18.3 Å². The summed E-state index contributed by atoms with van der Waals surface area (Å²) < 4.78 is 11.6. The van der Waals surface area contributed by atoms with Crippen molar-refractivity contribution in [2.45, 2.75) is 38.2 Å². The minimum atomic E-state index is -0.125. The van der Waals surface area contributed by atoms with Crippen LogP contribution in [-0.4, -0.2) is 63.0 Å². The summed E-state index contributed by atoms with van der Waals surface area (Å²) in [5.41, 5.74) is -0.125. The molecule has 2 aliphatic heterocycles. The smallest absolute Gasteiger partial charge is 0.104 e. The van der Waals surface area contributed by atoms with E-state index in [4.69, 9.17) is 15.9 Å². The van der Waals surface area contributed by atoms with Gasteiger partial charge >= 0.3 is 0 Å². The van der Waals surface area contributed by atoms with E-state index in [9.17, 15) is 0 Å². The maximum Gasteiger partial charge on any atom is 0.104 e. The molecule has 2 heterocycles. The van der Waals surface area contributed by atoms with E-state index in [0.29, 0.717) is 19.6 Å². The molecule has 0 aromatic rings. The predicted molar refractivity (Wildman–Crippen MR) is 85.3 cm³/mol. The van der Waals surface area contributed by atoms with E-state index in [0.717, 1.165) is 32.2 Å². The van der Waals surface area contributed by atoms with Crippen LogP contribution in [0.1, 0.15) is 32.6 Å². The van der Waals surface area contributed by atoms with Crippen molar-refractivity contribution < 1.29 is 9.47 Å². The Morgan fingerprint density at radius 1 is 1.24 bits per heavy atom. The molecule has 120 valence electrons. The number of nitrogens with zero attached hydrogens (tertiary/aromatic N) is 1. The molecule has 0 aromatic carbocycles. The largest absolute Gasteiger partial charge is 0.378 e. The van der Waals surface area contributed by atoms with Crippen molar-refractivity contribution >= 4 is 0 Å². The molecular formula is C17H30N2O2. The zero-order chi connectivity index (χ0) is 15.0. The summed E-state index contributed by atoms with van der Waals surface area (Å²) in [6, 6.07) is 0. The molecule has 21 heavy (non-hydrogen) atoms. The summed E-state index contributed by atoms with van der Waals surface area (Å²) >= 11 is 0.